The lowest BCUT2D eigenvalue weighted by Gasteiger charge is -2.08. The van der Waals surface area contributed by atoms with Crippen LogP contribution in [0.5, 0.6) is 17.2 Å². The molecule has 0 aliphatic carbocycles. The van der Waals surface area contributed by atoms with Crippen LogP contribution in [0.1, 0.15) is 5.56 Å². The molecule has 5 nitrogen and oxygen atoms in total. The van der Waals surface area contributed by atoms with E-state index in [0.29, 0.717) is 16.3 Å². The summed E-state index contributed by atoms with van der Waals surface area (Å²) in [6, 6.07) is 6.02. The van der Waals surface area contributed by atoms with Crippen molar-refractivity contribution in [2.75, 3.05) is 0 Å². The van der Waals surface area contributed by atoms with Crippen molar-refractivity contribution in [1.29, 1.82) is 0 Å². The topological polar surface area (TPSA) is 90.9 Å². The minimum Gasteiger partial charge on any atom is -0.504 e. The van der Waals surface area contributed by atoms with Crippen LogP contribution in [0.2, 0.25) is 0 Å². The van der Waals surface area contributed by atoms with Gasteiger partial charge in [0.15, 0.2) is 22.8 Å². The third kappa shape index (κ3) is 1.45. The number of fused-ring (bicyclic) bond motifs is 3. The van der Waals surface area contributed by atoms with E-state index < -0.39 is 22.9 Å². The molecule has 0 saturated carbocycles. The third-order valence-electron chi connectivity index (χ3n) is 3.15. The zero-order valence-electron chi connectivity index (χ0n) is 9.97. The van der Waals surface area contributed by atoms with Crippen molar-refractivity contribution >= 4 is 21.7 Å². The fraction of sp³-hybridized carbons (Fsp3) is 0.0714. The second-order valence-corrected chi connectivity index (χ2v) is 4.35. The van der Waals surface area contributed by atoms with Crippen molar-refractivity contribution < 1.29 is 19.7 Å². The van der Waals surface area contributed by atoms with E-state index in [1.165, 1.54) is 0 Å². The van der Waals surface area contributed by atoms with Gasteiger partial charge in [-0.2, -0.15) is 0 Å². The van der Waals surface area contributed by atoms with E-state index in [0.717, 1.165) is 6.07 Å². The minimum absolute atomic E-state index is 0.121. The summed E-state index contributed by atoms with van der Waals surface area (Å²) in [6.45, 7) is 1.74. The predicted molar refractivity (Wildman–Crippen MR) is 69.7 cm³/mol. The lowest BCUT2D eigenvalue weighted by Crippen LogP contribution is -2.02. The molecule has 96 valence electrons. The number of rotatable bonds is 0. The normalized spacial score (nSPS) is 11.2. The number of hydrogen-bond donors (Lipinski definition) is 3. The summed E-state index contributed by atoms with van der Waals surface area (Å²) < 4.78 is 5.05. The van der Waals surface area contributed by atoms with Gasteiger partial charge in [-0.3, -0.25) is 0 Å². The molecule has 0 amide bonds. The first-order chi connectivity index (χ1) is 9.00. The molecule has 3 N–H and O–H groups in total. The Morgan fingerprint density at radius 1 is 1.05 bits per heavy atom. The Kier molecular flexibility index (Phi) is 2.19. The average molecular weight is 258 g/mol. The van der Waals surface area contributed by atoms with Gasteiger partial charge < -0.3 is 19.7 Å². The van der Waals surface area contributed by atoms with Crippen LogP contribution in [0.4, 0.5) is 0 Å². The van der Waals surface area contributed by atoms with Crippen molar-refractivity contribution in [3.63, 3.8) is 0 Å². The molecule has 0 aliphatic heterocycles. The molecular weight excluding hydrogens is 248 g/mol. The Hall–Kier alpha value is -2.69. The van der Waals surface area contributed by atoms with Crippen molar-refractivity contribution in [3.8, 4) is 17.2 Å². The molecular formula is C14H10O5. The highest BCUT2D eigenvalue weighted by molar-refractivity contribution is 6.10. The molecule has 0 bridgehead atoms. The minimum atomic E-state index is -0.596. The van der Waals surface area contributed by atoms with Gasteiger partial charge in [-0.15, -0.1) is 0 Å². The number of hydrogen-bond acceptors (Lipinski definition) is 5. The largest absolute Gasteiger partial charge is 0.504 e. The Balaban J connectivity index is 2.75. The number of phenols is 3. The molecule has 3 aromatic rings. The van der Waals surface area contributed by atoms with Gasteiger partial charge in [-0.05, 0) is 12.5 Å². The zero-order chi connectivity index (χ0) is 13.7. The maximum Gasteiger partial charge on any atom is 0.344 e. The van der Waals surface area contributed by atoms with Gasteiger partial charge in [0.2, 0.25) is 0 Å². The molecule has 19 heavy (non-hydrogen) atoms. The number of benzene rings is 2. The molecule has 2 aromatic carbocycles. The van der Waals surface area contributed by atoms with Crippen LogP contribution in [0.15, 0.2) is 33.5 Å². The molecule has 1 heterocycles. The maximum absolute atomic E-state index is 11.9. The highest BCUT2D eigenvalue weighted by Crippen LogP contribution is 2.42. The summed E-state index contributed by atoms with van der Waals surface area (Å²) in [5.74, 6) is -1.29. The molecule has 0 fully saturated rings. The molecule has 0 saturated heterocycles. The molecule has 0 unspecified atom stereocenters. The van der Waals surface area contributed by atoms with E-state index in [-0.39, 0.29) is 11.0 Å². The molecule has 3 rings (SSSR count). The molecule has 0 radical (unpaired) electrons. The highest BCUT2D eigenvalue weighted by atomic mass is 16.4. The molecule has 0 aliphatic rings. The zero-order valence-corrected chi connectivity index (χ0v) is 9.97. The smallest absolute Gasteiger partial charge is 0.344 e. The number of aromatic hydroxyl groups is 3. The first-order valence-electron chi connectivity index (χ1n) is 5.60. The molecule has 1 aromatic heterocycles. The average Bonchev–Trinajstić information content (AvgIpc) is 2.36. The van der Waals surface area contributed by atoms with E-state index in [9.17, 15) is 20.1 Å². The van der Waals surface area contributed by atoms with Gasteiger partial charge in [0.25, 0.3) is 0 Å². The van der Waals surface area contributed by atoms with Gasteiger partial charge in [0.1, 0.15) is 0 Å². The van der Waals surface area contributed by atoms with Crippen molar-refractivity contribution in [2.45, 2.75) is 6.92 Å². The van der Waals surface area contributed by atoms with Gasteiger partial charge >= 0.3 is 5.63 Å². The van der Waals surface area contributed by atoms with E-state index in [2.05, 4.69) is 0 Å². The van der Waals surface area contributed by atoms with Crippen LogP contribution in [0.3, 0.4) is 0 Å². The Labute approximate surface area is 107 Å². The third-order valence-corrected chi connectivity index (χ3v) is 3.15. The SMILES string of the molecule is Cc1cccc2c1c(=O)oc1c(O)cc(O)c(O)c12. The Morgan fingerprint density at radius 2 is 1.79 bits per heavy atom. The van der Waals surface area contributed by atoms with Gasteiger partial charge in [0, 0.05) is 11.5 Å². The van der Waals surface area contributed by atoms with Crippen LogP contribution in [0, 0.1) is 6.92 Å². The standard InChI is InChI=1S/C14H10O5/c1-6-3-2-4-7-10(6)14(18)19-13-9(16)5-8(15)12(17)11(7)13/h2-5,15-17H,1H3. The predicted octanol–water partition coefficient (Wildman–Crippen LogP) is 2.37. The van der Waals surface area contributed by atoms with E-state index in [1.807, 2.05) is 0 Å². The summed E-state index contributed by atoms with van der Waals surface area (Å²) in [4.78, 5) is 11.9. The van der Waals surface area contributed by atoms with E-state index in [4.69, 9.17) is 4.42 Å². The summed E-state index contributed by atoms with van der Waals surface area (Å²) in [5, 5.41) is 30.1. The second-order valence-electron chi connectivity index (χ2n) is 4.35. The molecule has 0 spiro atoms. The molecule has 0 atom stereocenters. The van der Waals surface area contributed by atoms with Crippen molar-refractivity contribution in [2.24, 2.45) is 0 Å². The van der Waals surface area contributed by atoms with E-state index >= 15 is 0 Å². The lowest BCUT2D eigenvalue weighted by molar-refractivity contribution is 0.398. The van der Waals surface area contributed by atoms with Gasteiger partial charge in [0.05, 0.1) is 10.8 Å². The Bertz CT molecular complexity index is 877. The number of phenolic OH excluding ortho intramolecular Hbond substituents is 3. The van der Waals surface area contributed by atoms with E-state index in [1.54, 1.807) is 25.1 Å². The van der Waals surface area contributed by atoms with Gasteiger partial charge in [-0.25, -0.2) is 4.79 Å². The van der Waals surface area contributed by atoms with Crippen LogP contribution in [-0.2, 0) is 0 Å². The van der Waals surface area contributed by atoms with Crippen molar-refractivity contribution in [1.82, 2.24) is 0 Å². The van der Waals surface area contributed by atoms with Crippen molar-refractivity contribution in [3.05, 3.63) is 40.2 Å². The second kappa shape index (κ2) is 3.65. The number of aryl methyl sites for hydroxylation is 1. The maximum atomic E-state index is 11.9. The monoisotopic (exact) mass is 258 g/mol. The van der Waals surface area contributed by atoms with Crippen LogP contribution in [-0.4, -0.2) is 15.3 Å². The van der Waals surface area contributed by atoms with Gasteiger partial charge in [-0.1, -0.05) is 18.2 Å². The fourth-order valence-electron chi connectivity index (χ4n) is 2.27. The van der Waals surface area contributed by atoms with Crippen LogP contribution < -0.4 is 5.63 Å². The first kappa shape index (κ1) is 11.4. The summed E-state index contributed by atoms with van der Waals surface area (Å²) in [7, 11) is 0. The fourth-order valence-corrected chi connectivity index (χ4v) is 2.27. The first-order valence-corrected chi connectivity index (χ1v) is 5.60. The lowest BCUT2D eigenvalue weighted by atomic mass is 10.0. The van der Waals surface area contributed by atoms with Crippen LogP contribution >= 0.6 is 0 Å². The summed E-state index contributed by atoms with van der Waals surface area (Å²) in [6.07, 6.45) is 0. The molecule has 5 heteroatoms. The van der Waals surface area contributed by atoms with Crippen LogP contribution in [0.25, 0.3) is 21.7 Å². The highest BCUT2D eigenvalue weighted by Gasteiger charge is 2.18. The summed E-state index contributed by atoms with van der Waals surface area (Å²) >= 11 is 0. The quantitative estimate of drug-likeness (QED) is 0.249. The summed E-state index contributed by atoms with van der Waals surface area (Å²) in [5.41, 5.74) is -0.0465. The Morgan fingerprint density at radius 3 is 2.53 bits per heavy atom.